The first kappa shape index (κ1) is 8.04. The molecule has 2 heteroatoms. The lowest BCUT2D eigenvalue weighted by molar-refractivity contribution is -0.152. The molecule has 0 unspecified atom stereocenters. The molecule has 2 nitrogen and oxygen atoms in total. The van der Waals surface area contributed by atoms with E-state index in [0.29, 0.717) is 6.61 Å². The zero-order valence-electron chi connectivity index (χ0n) is 8.98. The van der Waals surface area contributed by atoms with Crippen molar-refractivity contribution in [1.82, 2.24) is 0 Å². The van der Waals surface area contributed by atoms with Crippen LogP contribution in [0.1, 0.15) is 26.2 Å². The minimum Gasteiger partial charge on any atom is -0.461 e. The highest BCUT2D eigenvalue weighted by atomic mass is 16.5. The van der Waals surface area contributed by atoms with Crippen molar-refractivity contribution < 1.29 is 10.9 Å². The van der Waals surface area contributed by atoms with E-state index in [2.05, 4.69) is 0 Å². The maximum Gasteiger partial charge on any atom is 0.309 e. The number of ether oxygens (including phenoxy) is 1. The van der Waals surface area contributed by atoms with Gasteiger partial charge in [-0.05, 0) is 18.4 Å². The minimum absolute atomic E-state index is 0.186. The van der Waals surface area contributed by atoms with Gasteiger partial charge in [0.2, 0.25) is 0 Å². The fourth-order valence-electron chi connectivity index (χ4n) is 1.38. The molecule has 0 N–H and O–H groups in total. The lowest BCUT2D eigenvalue weighted by Crippen LogP contribution is -2.23. The predicted molar refractivity (Wildman–Crippen MR) is 53.6 cm³/mol. The van der Waals surface area contributed by atoms with Crippen molar-refractivity contribution in [2.24, 2.45) is 5.92 Å². The van der Waals surface area contributed by atoms with E-state index in [4.69, 9.17) is 6.11 Å². The molecule has 1 aliphatic rings. The zero-order valence-corrected chi connectivity index (χ0v) is 7.98. The van der Waals surface area contributed by atoms with Gasteiger partial charge in [0.25, 0.3) is 0 Å². The lowest BCUT2D eigenvalue weighted by Gasteiger charge is -2.22. The molecule has 0 radical (unpaired) electrons. The first-order valence-corrected chi connectivity index (χ1v) is 4.90. The first-order valence-electron chi connectivity index (χ1n) is 5.48. The van der Waals surface area contributed by atoms with Gasteiger partial charge >= 0.3 is 5.97 Å². The Morgan fingerprint density at radius 3 is 2.86 bits per heavy atom. The molecule has 2 atom stereocenters. The van der Waals surface area contributed by atoms with Gasteiger partial charge in [0.05, 0.1) is 5.92 Å². The second-order valence-electron chi connectivity index (χ2n) is 3.51. The van der Waals surface area contributed by atoms with Crippen LogP contribution in [0, 0.1) is 5.92 Å². The largest absolute Gasteiger partial charge is 0.461 e. The summed E-state index contributed by atoms with van der Waals surface area (Å²) >= 11 is 0. The van der Waals surface area contributed by atoms with E-state index in [0.717, 1.165) is 18.4 Å². The second-order valence-corrected chi connectivity index (χ2v) is 3.51. The highest BCUT2D eigenvalue weighted by molar-refractivity contribution is 5.73. The molecular formula is C12H14O2. The van der Waals surface area contributed by atoms with E-state index in [-0.39, 0.29) is 18.3 Å². The SMILES string of the molecule is [2H][C@H]1CC[C@H]1C(=O)OCc1ccccc1. The third kappa shape index (κ3) is 2.13. The predicted octanol–water partition coefficient (Wildman–Crippen LogP) is 2.53. The Hall–Kier alpha value is -1.31. The van der Waals surface area contributed by atoms with E-state index >= 15 is 0 Å². The summed E-state index contributed by atoms with van der Waals surface area (Å²) in [6.07, 6.45) is 1.39. The average molecular weight is 191 g/mol. The highest BCUT2D eigenvalue weighted by Gasteiger charge is 2.26. The molecule has 1 aromatic rings. The Balaban J connectivity index is 1.81. The summed E-state index contributed by atoms with van der Waals surface area (Å²) in [4.78, 5) is 11.5. The number of carbonyl (C=O) groups excluding carboxylic acids is 1. The molecule has 0 heterocycles. The van der Waals surface area contributed by atoms with Crippen LogP contribution >= 0.6 is 0 Å². The van der Waals surface area contributed by atoms with Gasteiger partial charge in [0.15, 0.2) is 0 Å². The van der Waals surface area contributed by atoms with Crippen molar-refractivity contribution in [1.29, 1.82) is 0 Å². The summed E-state index contributed by atoms with van der Waals surface area (Å²) in [5, 5.41) is 0. The Morgan fingerprint density at radius 2 is 2.29 bits per heavy atom. The van der Waals surface area contributed by atoms with Crippen molar-refractivity contribution in [3.8, 4) is 0 Å². The van der Waals surface area contributed by atoms with Crippen molar-refractivity contribution >= 4 is 5.97 Å². The molecule has 1 aliphatic carbocycles. The third-order valence-corrected chi connectivity index (χ3v) is 2.46. The van der Waals surface area contributed by atoms with Gasteiger partial charge in [-0.25, -0.2) is 0 Å². The normalized spacial score (nSPS) is 26.1. The summed E-state index contributed by atoms with van der Waals surface area (Å²) in [7, 11) is 0. The van der Waals surface area contributed by atoms with Gasteiger partial charge in [-0.15, -0.1) is 0 Å². The molecule has 0 amide bonds. The Kier molecular flexibility index (Phi) is 2.45. The van der Waals surface area contributed by atoms with Crippen LogP contribution in [0.25, 0.3) is 0 Å². The highest BCUT2D eigenvalue weighted by Crippen LogP contribution is 2.27. The molecule has 0 aliphatic heterocycles. The molecular weight excluding hydrogens is 176 g/mol. The van der Waals surface area contributed by atoms with Crippen LogP contribution in [0.5, 0.6) is 0 Å². The summed E-state index contributed by atoms with van der Waals surface area (Å²) < 4.78 is 12.6. The van der Waals surface area contributed by atoms with Gasteiger partial charge in [0, 0.05) is 1.37 Å². The number of hydrogen-bond acceptors (Lipinski definition) is 2. The van der Waals surface area contributed by atoms with E-state index in [9.17, 15) is 4.79 Å². The van der Waals surface area contributed by atoms with Crippen molar-refractivity contribution in [3.05, 3.63) is 35.9 Å². The van der Waals surface area contributed by atoms with Crippen molar-refractivity contribution in [3.63, 3.8) is 0 Å². The van der Waals surface area contributed by atoms with Gasteiger partial charge in [0.1, 0.15) is 6.61 Å². The van der Waals surface area contributed by atoms with Crippen molar-refractivity contribution in [2.45, 2.75) is 25.8 Å². The van der Waals surface area contributed by atoms with Crippen LogP contribution in [0.3, 0.4) is 0 Å². The molecule has 1 aromatic carbocycles. The number of carbonyl (C=O) groups is 1. The van der Waals surface area contributed by atoms with Crippen LogP contribution in [-0.2, 0) is 16.1 Å². The minimum atomic E-state index is -0.242. The van der Waals surface area contributed by atoms with Crippen molar-refractivity contribution in [2.75, 3.05) is 0 Å². The van der Waals surface area contributed by atoms with Gasteiger partial charge in [-0.3, -0.25) is 4.79 Å². The van der Waals surface area contributed by atoms with E-state index in [1.54, 1.807) is 0 Å². The molecule has 14 heavy (non-hydrogen) atoms. The molecule has 0 bridgehead atoms. The fourth-order valence-corrected chi connectivity index (χ4v) is 1.38. The molecule has 74 valence electrons. The maximum absolute atomic E-state index is 11.5. The van der Waals surface area contributed by atoms with Crippen LogP contribution < -0.4 is 0 Å². The summed E-state index contributed by atoms with van der Waals surface area (Å²) in [5.41, 5.74) is 0.992. The topological polar surface area (TPSA) is 26.3 Å². The monoisotopic (exact) mass is 191 g/mol. The van der Waals surface area contributed by atoms with Gasteiger partial charge in [-0.2, -0.15) is 0 Å². The fraction of sp³-hybridized carbons (Fsp3) is 0.417. The molecule has 2 rings (SSSR count). The quantitative estimate of drug-likeness (QED) is 0.686. The third-order valence-electron chi connectivity index (χ3n) is 2.46. The smallest absolute Gasteiger partial charge is 0.309 e. The van der Waals surface area contributed by atoms with Crippen LogP contribution in [0.2, 0.25) is 0 Å². The molecule has 1 saturated carbocycles. The Morgan fingerprint density at radius 1 is 1.50 bits per heavy atom. The van der Waals surface area contributed by atoms with E-state index < -0.39 is 0 Å². The van der Waals surface area contributed by atoms with E-state index in [1.165, 1.54) is 0 Å². The second kappa shape index (κ2) is 4.27. The maximum atomic E-state index is 11.5. The van der Waals surface area contributed by atoms with Crippen LogP contribution in [-0.4, -0.2) is 5.97 Å². The molecule has 0 aromatic heterocycles. The van der Waals surface area contributed by atoms with Crippen LogP contribution in [0.4, 0.5) is 0 Å². The first-order chi connectivity index (χ1) is 7.27. The Labute approximate surface area is 85.3 Å². The van der Waals surface area contributed by atoms with Crippen LogP contribution in [0.15, 0.2) is 30.3 Å². The lowest BCUT2D eigenvalue weighted by atomic mass is 9.86. The molecule has 0 saturated heterocycles. The van der Waals surface area contributed by atoms with Gasteiger partial charge < -0.3 is 4.74 Å². The Bertz CT molecular complexity index is 337. The average Bonchev–Trinajstić information content (AvgIpc) is 2.26. The van der Waals surface area contributed by atoms with Gasteiger partial charge in [-0.1, -0.05) is 36.8 Å². The number of hydrogen-bond donors (Lipinski definition) is 0. The van der Waals surface area contributed by atoms with E-state index in [1.807, 2.05) is 30.3 Å². The number of esters is 1. The summed E-state index contributed by atoms with van der Waals surface area (Å²) in [5.74, 6) is -0.404. The molecule has 1 fully saturated rings. The number of benzene rings is 1. The summed E-state index contributed by atoms with van der Waals surface area (Å²) in [6.45, 7) is 0.322. The number of rotatable bonds is 3. The standard InChI is InChI=1S/C12H14O2/c13-12(11-7-4-8-11)14-9-10-5-2-1-3-6-10/h1-3,5-6,11H,4,7-9H2/i7D/t7-,11-/m0/s1. The summed E-state index contributed by atoms with van der Waals surface area (Å²) in [6, 6.07) is 9.61. The molecule has 0 spiro atoms. The zero-order chi connectivity index (χ0) is 10.7.